The van der Waals surface area contributed by atoms with Crippen LogP contribution in [0.15, 0.2) is 42.5 Å². The zero-order valence-electron chi connectivity index (χ0n) is 22.0. The number of fused-ring (bicyclic) bond motifs is 2. The lowest BCUT2D eigenvalue weighted by Crippen LogP contribution is -2.49. The summed E-state index contributed by atoms with van der Waals surface area (Å²) in [5.41, 5.74) is 3.58. The summed E-state index contributed by atoms with van der Waals surface area (Å²) in [5, 5.41) is 11.6. The molecule has 1 aliphatic heterocycles. The molecule has 0 saturated carbocycles. The van der Waals surface area contributed by atoms with E-state index >= 15 is 0 Å². The molecule has 0 spiro atoms. The summed E-state index contributed by atoms with van der Waals surface area (Å²) in [6, 6.07) is 14.5. The number of ether oxygens (including phenoxy) is 3. The molecule has 2 unspecified atom stereocenters. The SMILES string of the molecule is COC1c2ccccc2CC1OCCCCN1CCN(C[C@@H](O)COc2ccc3sc(C)nc3c2)CC1. The van der Waals surface area contributed by atoms with Crippen LogP contribution in [0.2, 0.25) is 0 Å². The van der Waals surface area contributed by atoms with Gasteiger partial charge >= 0.3 is 0 Å². The first-order valence-electron chi connectivity index (χ1n) is 13.4. The Morgan fingerprint density at radius 2 is 1.89 bits per heavy atom. The van der Waals surface area contributed by atoms with Crippen molar-refractivity contribution in [2.45, 2.75) is 44.5 Å². The first-order valence-corrected chi connectivity index (χ1v) is 14.3. The first kappa shape index (κ1) is 26.5. The molecule has 1 aliphatic carbocycles. The molecular weight excluding hydrogens is 486 g/mol. The summed E-state index contributed by atoms with van der Waals surface area (Å²) >= 11 is 1.68. The van der Waals surface area contributed by atoms with Crippen LogP contribution in [0.1, 0.15) is 35.1 Å². The molecule has 0 radical (unpaired) electrons. The molecule has 1 saturated heterocycles. The van der Waals surface area contributed by atoms with Crippen LogP contribution in [0.4, 0.5) is 0 Å². The van der Waals surface area contributed by atoms with E-state index in [1.165, 1.54) is 11.1 Å². The summed E-state index contributed by atoms with van der Waals surface area (Å²) < 4.78 is 19.0. The second kappa shape index (κ2) is 12.7. The molecule has 2 aromatic carbocycles. The van der Waals surface area contributed by atoms with E-state index in [4.69, 9.17) is 14.2 Å². The normalized spacial score (nSPS) is 21.4. The lowest BCUT2D eigenvalue weighted by atomic mass is 10.1. The summed E-state index contributed by atoms with van der Waals surface area (Å²) in [4.78, 5) is 9.37. The quantitative estimate of drug-likeness (QED) is 0.358. The van der Waals surface area contributed by atoms with Crippen molar-refractivity contribution in [3.63, 3.8) is 0 Å². The van der Waals surface area contributed by atoms with Gasteiger partial charge in [0.25, 0.3) is 0 Å². The van der Waals surface area contributed by atoms with Crippen molar-refractivity contribution in [3.8, 4) is 5.75 Å². The Labute approximate surface area is 224 Å². The number of nitrogens with zero attached hydrogens (tertiary/aromatic N) is 3. The Kier molecular flexibility index (Phi) is 9.07. The maximum atomic E-state index is 10.5. The number of unbranched alkanes of at least 4 members (excludes halogenated alkanes) is 1. The topological polar surface area (TPSA) is 67.3 Å². The zero-order valence-corrected chi connectivity index (χ0v) is 22.8. The van der Waals surface area contributed by atoms with Gasteiger partial charge in [-0.2, -0.15) is 0 Å². The predicted octanol–water partition coefficient (Wildman–Crippen LogP) is 4.07. The molecule has 2 heterocycles. The minimum absolute atomic E-state index is 0.0518. The summed E-state index contributed by atoms with van der Waals surface area (Å²) in [5.74, 6) is 0.765. The molecule has 8 heteroatoms. The van der Waals surface area contributed by atoms with Gasteiger partial charge in [0.15, 0.2) is 0 Å². The molecule has 37 heavy (non-hydrogen) atoms. The van der Waals surface area contributed by atoms with Gasteiger partial charge in [-0.15, -0.1) is 11.3 Å². The number of aromatic nitrogens is 1. The van der Waals surface area contributed by atoms with Crippen molar-refractivity contribution in [3.05, 3.63) is 58.6 Å². The Balaban J connectivity index is 0.939. The smallest absolute Gasteiger partial charge is 0.121 e. The van der Waals surface area contributed by atoms with E-state index in [1.807, 2.05) is 25.1 Å². The molecule has 5 rings (SSSR count). The van der Waals surface area contributed by atoms with Crippen molar-refractivity contribution in [1.82, 2.24) is 14.8 Å². The lowest BCUT2D eigenvalue weighted by molar-refractivity contribution is -0.0490. The molecule has 7 nitrogen and oxygen atoms in total. The van der Waals surface area contributed by atoms with Gasteiger partial charge in [-0.3, -0.25) is 4.90 Å². The van der Waals surface area contributed by atoms with Crippen LogP contribution in [0.25, 0.3) is 10.2 Å². The van der Waals surface area contributed by atoms with Crippen molar-refractivity contribution >= 4 is 21.6 Å². The van der Waals surface area contributed by atoms with Crippen LogP contribution in [-0.4, -0.2) is 91.7 Å². The Morgan fingerprint density at radius 3 is 2.73 bits per heavy atom. The van der Waals surface area contributed by atoms with Crippen molar-refractivity contribution in [2.24, 2.45) is 0 Å². The van der Waals surface area contributed by atoms with Gasteiger partial charge in [-0.05, 0) is 49.6 Å². The standard InChI is InChI=1S/C29H39N3O4S/c1-21-30-26-18-24(9-10-28(26)37-21)36-20-23(33)19-32-14-12-31(13-15-32)11-5-6-16-35-27-17-22-7-3-4-8-25(22)29(27)34-2/h3-4,7-10,18,23,27,29,33H,5-6,11-17,19-20H2,1-2H3/t23-,27?,29?/m1/s1. The van der Waals surface area contributed by atoms with E-state index in [2.05, 4.69) is 39.0 Å². The molecule has 3 atom stereocenters. The van der Waals surface area contributed by atoms with Crippen molar-refractivity contribution in [2.75, 3.05) is 59.6 Å². The van der Waals surface area contributed by atoms with Gasteiger partial charge in [-0.1, -0.05) is 24.3 Å². The molecule has 2 aliphatic rings. The highest BCUT2D eigenvalue weighted by molar-refractivity contribution is 7.18. The molecular formula is C29H39N3O4S. The minimum Gasteiger partial charge on any atom is -0.491 e. The summed E-state index contributed by atoms with van der Waals surface area (Å²) in [6.45, 7) is 8.86. The van der Waals surface area contributed by atoms with Gasteiger partial charge in [0.1, 0.15) is 24.6 Å². The highest BCUT2D eigenvalue weighted by Crippen LogP contribution is 2.35. The number of methoxy groups -OCH3 is 1. The fourth-order valence-electron chi connectivity index (χ4n) is 5.47. The average Bonchev–Trinajstić information content (AvgIpc) is 3.46. The van der Waals surface area contributed by atoms with Gasteiger partial charge in [-0.25, -0.2) is 4.98 Å². The van der Waals surface area contributed by atoms with Crippen molar-refractivity contribution in [1.29, 1.82) is 0 Å². The van der Waals surface area contributed by atoms with Crippen LogP contribution in [0, 0.1) is 6.92 Å². The number of aryl methyl sites for hydroxylation is 1. The fraction of sp³-hybridized carbons (Fsp3) is 0.552. The first-order chi connectivity index (χ1) is 18.1. The summed E-state index contributed by atoms with van der Waals surface area (Å²) in [6.07, 6.45) is 2.81. The molecule has 200 valence electrons. The molecule has 1 aromatic heterocycles. The number of aliphatic hydroxyl groups is 1. The maximum Gasteiger partial charge on any atom is 0.121 e. The number of piperazine rings is 1. The maximum absolute atomic E-state index is 10.5. The number of hydrogen-bond acceptors (Lipinski definition) is 8. The second-order valence-electron chi connectivity index (χ2n) is 10.1. The second-order valence-corrected chi connectivity index (χ2v) is 11.4. The van der Waals surface area contributed by atoms with E-state index in [0.29, 0.717) is 13.2 Å². The Bertz CT molecular complexity index is 1150. The number of β-amino-alcohol motifs (C(OH)–C–C–N with tert-alkyl or cyclic N) is 1. The molecule has 0 bridgehead atoms. The third-order valence-electron chi connectivity index (χ3n) is 7.42. The van der Waals surface area contributed by atoms with Gasteiger partial charge in [0, 0.05) is 58.9 Å². The third kappa shape index (κ3) is 6.88. The zero-order chi connectivity index (χ0) is 25.6. The number of aliphatic hydroxyl groups excluding tert-OH is 1. The molecule has 3 aromatic rings. The van der Waals surface area contributed by atoms with Crippen LogP contribution in [0.3, 0.4) is 0 Å². The lowest BCUT2D eigenvalue weighted by Gasteiger charge is -2.35. The molecule has 0 amide bonds. The highest BCUT2D eigenvalue weighted by Gasteiger charge is 2.32. The highest BCUT2D eigenvalue weighted by atomic mass is 32.1. The van der Waals surface area contributed by atoms with Crippen molar-refractivity contribution < 1.29 is 19.3 Å². The number of thiazole rings is 1. The average molecular weight is 526 g/mol. The Morgan fingerprint density at radius 1 is 1.08 bits per heavy atom. The van der Waals surface area contributed by atoms with E-state index in [9.17, 15) is 5.11 Å². The van der Waals surface area contributed by atoms with E-state index in [1.54, 1.807) is 18.4 Å². The van der Waals surface area contributed by atoms with Crippen LogP contribution >= 0.6 is 11.3 Å². The minimum atomic E-state index is -0.505. The number of hydrogen-bond donors (Lipinski definition) is 1. The predicted molar refractivity (Wildman–Crippen MR) is 148 cm³/mol. The van der Waals surface area contributed by atoms with E-state index in [-0.39, 0.29) is 12.2 Å². The van der Waals surface area contributed by atoms with E-state index < -0.39 is 6.10 Å². The van der Waals surface area contributed by atoms with Gasteiger partial charge < -0.3 is 24.2 Å². The van der Waals surface area contributed by atoms with Crippen LogP contribution in [0.5, 0.6) is 5.75 Å². The largest absolute Gasteiger partial charge is 0.491 e. The Hall–Kier alpha value is -2.07. The van der Waals surface area contributed by atoms with Gasteiger partial charge in [0.05, 0.1) is 21.3 Å². The van der Waals surface area contributed by atoms with Crippen LogP contribution < -0.4 is 4.74 Å². The monoisotopic (exact) mass is 525 g/mol. The third-order valence-corrected chi connectivity index (χ3v) is 8.37. The number of rotatable bonds is 12. The molecule has 1 fully saturated rings. The summed E-state index contributed by atoms with van der Waals surface area (Å²) in [7, 11) is 1.78. The number of benzene rings is 2. The fourth-order valence-corrected chi connectivity index (χ4v) is 6.28. The molecule has 1 N–H and O–H groups in total. The van der Waals surface area contributed by atoms with E-state index in [0.717, 1.165) is 79.6 Å². The van der Waals surface area contributed by atoms with Crippen LogP contribution in [-0.2, 0) is 15.9 Å². The van der Waals surface area contributed by atoms with Gasteiger partial charge in [0.2, 0.25) is 0 Å².